The van der Waals surface area contributed by atoms with E-state index in [1.807, 2.05) is 29.2 Å². The van der Waals surface area contributed by atoms with Gasteiger partial charge in [-0.1, -0.05) is 23.7 Å². The zero-order valence-corrected chi connectivity index (χ0v) is 19.0. The van der Waals surface area contributed by atoms with E-state index in [0.717, 1.165) is 17.7 Å². The molecule has 1 amide bonds. The number of sulfone groups is 1. The van der Waals surface area contributed by atoms with Crippen LogP contribution in [0.1, 0.15) is 5.56 Å². The number of amides is 1. The fourth-order valence-corrected chi connectivity index (χ4v) is 6.64. The summed E-state index contributed by atoms with van der Waals surface area (Å²) in [6.45, 7) is 0.766. The van der Waals surface area contributed by atoms with E-state index < -0.39 is 15.9 Å². The number of hydrogen-bond acceptors (Lipinski definition) is 6. The van der Waals surface area contributed by atoms with E-state index >= 15 is 0 Å². The van der Waals surface area contributed by atoms with Crippen LogP contribution >= 0.6 is 11.6 Å². The predicted molar refractivity (Wildman–Crippen MR) is 120 cm³/mol. The summed E-state index contributed by atoms with van der Waals surface area (Å²) >= 11 is 6.26. The van der Waals surface area contributed by atoms with Crippen molar-refractivity contribution in [3.05, 3.63) is 53.1 Å². The molecule has 31 heavy (non-hydrogen) atoms. The highest BCUT2D eigenvalue weighted by Crippen LogP contribution is 2.35. The molecule has 2 aliphatic rings. The molecule has 0 N–H and O–H groups in total. The third-order valence-electron chi connectivity index (χ3n) is 5.96. The van der Waals surface area contributed by atoms with Crippen molar-refractivity contribution in [3.8, 4) is 11.5 Å². The summed E-state index contributed by atoms with van der Waals surface area (Å²) in [6.07, 6.45) is 0.717. The molecular weight excluding hydrogens is 440 g/mol. The number of benzene rings is 2. The van der Waals surface area contributed by atoms with Gasteiger partial charge in [-0.15, -0.1) is 0 Å². The number of piperazine rings is 1. The van der Waals surface area contributed by atoms with Crippen LogP contribution < -0.4 is 14.4 Å². The molecule has 0 unspecified atom stereocenters. The lowest BCUT2D eigenvalue weighted by molar-refractivity contribution is -0.123. The van der Waals surface area contributed by atoms with Crippen LogP contribution in [0.15, 0.2) is 42.5 Å². The maximum Gasteiger partial charge on any atom is 0.241 e. The second kappa shape index (κ2) is 8.68. The number of hydrogen-bond donors (Lipinski definition) is 0. The number of fused-ring (bicyclic) bond motifs is 1. The van der Waals surface area contributed by atoms with Gasteiger partial charge in [-0.2, -0.15) is 0 Å². The van der Waals surface area contributed by atoms with E-state index in [4.69, 9.17) is 21.1 Å². The lowest BCUT2D eigenvalue weighted by Gasteiger charge is -2.43. The highest BCUT2D eigenvalue weighted by molar-refractivity contribution is 7.91. The Hall–Kier alpha value is -2.29. The number of carbonyl (C=O) groups excluding carboxylic acids is 1. The minimum Gasteiger partial charge on any atom is -0.497 e. The molecule has 2 saturated heterocycles. The number of methoxy groups -OCH3 is 2. The molecule has 0 radical (unpaired) electrons. The largest absolute Gasteiger partial charge is 0.497 e. The van der Waals surface area contributed by atoms with Crippen LogP contribution in [0.5, 0.6) is 11.5 Å². The van der Waals surface area contributed by atoms with E-state index in [9.17, 15) is 13.2 Å². The normalized spacial score (nSPS) is 22.9. The Balaban J connectivity index is 1.56. The van der Waals surface area contributed by atoms with Gasteiger partial charge in [-0.25, -0.2) is 8.42 Å². The molecule has 2 atom stereocenters. The van der Waals surface area contributed by atoms with Crippen molar-refractivity contribution in [2.24, 2.45) is 0 Å². The van der Waals surface area contributed by atoms with Gasteiger partial charge >= 0.3 is 0 Å². The first-order valence-electron chi connectivity index (χ1n) is 10.0. The first-order chi connectivity index (χ1) is 14.8. The highest BCUT2D eigenvalue weighted by atomic mass is 35.5. The summed E-state index contributed by atoms with van der Waals surface area (Å²) in [5.41, 5.74) is 1.70. The Morgan fingerprint density at radius 2 is 1.74 bits per heavy atom. The molecule has 0 aromatic heterocycles. The van der Waals surface area contributed by atoms with Crippen LogP contribution in [-0.2, 0) is 21.1 Å². The van der Waals surface area contributed by atoms with Gasteiger partial charge in [0.25, 0.3) is 0 Å². The average Bonchev–Trinajstić information content (AvgIpc) is 3.07. The molecule has 166 valence electrons. The molecule has 0 spiro atoms. The standard InChI is InChI=1S/C22H25ClN2O5S/c1-29-17-6-3-15(4-7-17)9-10-24-12-22(26)25(20-14-31(27,28)13-19(20)24)16-5-8-21(30-2)18(23)11-16/h3-8,11,19-20H,9-10,12-14H2,1-2H3/t19-,20-/m0/s1. The van der Waals surface area contributed by atoms with Gasteiger partial charge in [0, 0.05) is 18.3 Å². The first-order valence-corrected chi connectivity index (χ1v) is 12.2. The van der Waals surface area contributed by atoms with Gasteiger partial charge in [0.05, 0.1) is 43.3 Å². The first kappa shape index (κ1) is 21.9. The number of anilines is 1. The van der Waals surface area contributed by atoms with E-state index in [1.54, 1.807) is 30.2 Å². The zero-order valence-electron chi connectivity index (χ0n) is 17.5. The average molecular weight is 465 g/mol. The second-order valence-corrected chi connectivity index (χ2v) is 10.4. The lowest BCUT2D eigenvalue weighted by Crippen LogP contribution is -2.62. The summed E-state index contributed by atoms with van der Waals surface area (Å²) in [4.78, 5) is 16.7. The number of halogens is 1. The Morgan fingerprint density at radius 3 is 2.39 bits per heavy atom. The van der Waals surface area contributed by atoms with Gasteiger partial charge in [-0.3, -0.25) is 9.69 Å². The maximum absolute atomic E-state index is 13.1. The Labute approximate surface area is 187 Å². The topological polar surface area (TPSA) is 76.2 Å². The molecule has 0 aliphatic carbocycles. The maximum atomic E-state index is 13.1. The van der Waals surface area contributed by atoms with Crippen molar-refractivity contribution in [2.75, 3.05) is 43.7 Å². The van der Waals surface area contributed by atoms with Crippen molar-refractivity contribution in [1.29, 1.82) is 0 Å². The van der Waals surface area contributed by atoms with Crippen LogP contribution in [0.4, 0.5) is 5.69 Å². The fourth-order valence-electron chi connectivity index (χ4n) is 4.41. The van der Waals surface area contributed by atoms with Gasteiger partial charge in [0.2, 0.25) is 5.91 Å². The molecule has 9 heteroatoms. The van der Waals surface area contributed by atoms with Crippen molar-refractivity contribution in [3.63, 3.8) is 0 Å². The monoisotopic (exact) mass is 464 g/mol. The fraction of sp³-hybridized carbons (Fsp3) is 0.409. The predicted octanol–water partition coefficient (Wildman–Crippen LogP) is 2.41. The van der Waals surface area contributed by atoms with Crippen molar-refractivity contribution < 1.29 is 22.7 Å². The number of nitrogens with zero attached hydrogens (tertiary/aromatic N) is 2. The van der Waals surface area contributed by atoms with Gasteiger partial charge in [-0.05, 0) is 42.3 Å². The second-order valence-electron chi connectivity index (χ2n) is 7.86. The van der Waals surface area contributed by atoms with Gasteiger partial charge in [0.15, 0.2) is 9.84 Å². The van der Waals surface area contributed by atoms with Crippen LogP contribution in [0.3, 0.4) is 0 Å². The molecule has 4 rings (SSSR count). The molecule has 2 fully saturated rings. The van der Waals surface area contributed by atoms with Crippen molar-refractivity contribution >= 4 is 33.0 Å². The summed E-state index contributed by atoms with van der Waals surface area (Å²) in [5, 5.41) is 0.382. The molecule has 0 bridgehead atoms. The van der Waals surface area contributed by atoms with Crippen LogP contribution in [0.2, 0.25) is 5.02 Å². The Bertz CT molecular complexity index is 1070. The third kappa shape index (κ3) is 4.51. The molecule has 2 aliphatic heterocycles. The molecular formula is C22H25ClN2O5S. The van der Waals surface area contributed by atoms with Gasteiger partial charge < -0.3 is 14.4 Å². The summed E-state index contributed by atoms with van der Waals surface area (Å²) in [5.74, 6) is 1.16. The van der Waals surface area contributed by atoms with Crippen LogP contribution in [0.25, 0.3) is 0 Å². The molecule has 0 saturated carbocycles. The SMILES string of the molecule is COc1ccc(CCN2CC(=O)N(c3ccc(OC)c(Cl)c3)[C@H]3CS(=O)(=O)C[C@@H]32)cc1. The van der Waals surface area contributed by atoms with E-state index in [-0.39, 0.29) is 30.0 Å². The Morgan fingerprint density at radius 1 is 1.03 bits per heavy atom. The summed E-state index contributed by atoms with van der Waals surface area (Å²) in [7, 11) is -0.108. The van der Waals surface area contributed by atoms with Crippen molar-refractivity contribution in [2.45, 2.75) is 18.5 Å². The molecule has 2 heterocycles. The lowest BCUT2D eigenvalue weighted by atomic mass is 10.0. The molecule has 7 nitrogen and oxygen atoms in total. The number of ether oxygens (including phenoxy) is 2. The number of rotatable bonds is 6. The van der Waals surface area contributed by atoms with E-state index in [1.165, 1.54) is 7.11 Å². The highest BCUT2D eigenvalue weighted by Gasteiger charge is 2.49. The Kier molecular flexibility index (Phi) is 6.14. The van der Waals surface area contributed by atoms with Gasteiger partial charge in [0.1, 0.15) is 11.5 Å². The van der Waals surface area contributed by atoms with E-state index in [2.05, 4.69) is 0 Å². The minimum absolute atomic E-state index is 0.0495. The number of carbonyl (C=O) groups is 1. The molecule has 2 aromatic carbocycles. The zero-order chi connectivity index (χ0) is 22.2. The molecule has 2 aromatic rings. The smallest absolute Gasteiger partial charge is 0.241 e. The quantitative estimate of drug-likeness (QED) is 0.653. The van der Waals surface area contributed by atoms with Crippen LogP contribution in [-0.4, -0.2) is 70.1 Å². The van der Waals surface area contributed by atoms with E-state index in [0.29, 0.717) is 23.0 Å². The minimum atomic E-state index is -3.25. The van der Waals surface area contributed by atoms with Crippen LogP contribution in [0, 0.1) is 0 Å². The third-order valence-corrected chi connectivity index (χ3v) is 7.96. The summed E-state index contributed by atoms with van der Waals surface area (Å²) < 4.78 is 35.4. The summed E-state index contributed by atoms with van der Waals surface area (Å²) in [6, 6.07) is 12.2. The van der Waals surface area contributed by atoms with Crippen molar-refractivity contribution in [1.82, 2.24) is 4.90 Å².